The third kappa shape index (κ3) is 4.21. The lowest BCUT2D eigenvalue weighted by molar-refractivity contribution is -0.127. The van der Waals surface area contributed by atoms with Gasteiger partial charge in [0.05, 0.1) is 6.54 Å². The molecule has 164 valence electrons. The Balaban J connectivity index is 1.24. The largest absolute Gasteiger partial charge is 0.361 e. The van der Waals surface area contributed by atoms with Crippen LogP contribution in [0, 0.1) is 0 Å². The van der Waals surface area contributed by atoms with Gasteiger partial charge in [0.15, 0.2) is 0 Å². The fourth-order valence-corrected chi connectivity index (χ4v) is 4.05. The highest BCUT2D eigenvalue weighted by atomic mass is 16.2. The predicted octanol–water partition coefficient (Wildman–Crippen LogP) is 4.08. The molecule has 7 nitrogen and oxygen atoms in total. The number of carbonyl (C=O) groups excluding carboxylic acids is 3. The lowest BCUT2D eigenvalue weighted by atomic mass is 10.0. The molecule has 0 unspecified atom stereocenters. The van der Waals surface area contributed by atoms with E-state index in [9.17, 15) is 14.4 Å². The van der Waals surface area contributed by atoms with Crippen molar-refractivity contribution in [2.24, 2.45) is 0 Å². The summed E-state index contributed by atoms with van der Waals surface area (Å²) in [4.78, 5) is 42.3. The van der Waals surface area contributed by atoms with Crippen LogP contribution in [-0.2, 0) is 17.8 Å². The number of aromatic amines is 1. The van der Waals surface area contributed by atoms with E-state index in [0.717, 1.165) is 22.0 Å². The minimum absolute atomic E-state index is 0.148. The minimum Gasteiger partial charge on any atom is -0.361 e. The number of nitrogens with zero attached hydrogens (tertiary/aromatic N) is 1. The molecule has 7 heteroatoms. The van der Waals surface area contributed by atoms with Crippen molar-refractivity contribution < 1.29 is 14.4 Å². The first kappa shape index (κ1) is 20.5. The average Bonchev–Trinajstić information content (AvgIpc) is 3.36. The Morgan fingerprint density at radius 3 is 2.42 bits per heavy atom. The quantitative estimate of drug-likeness (QED) is 0.396. The van der Waals surface area contributed by atoms with E-state index in [4.69, 9.17) is 0 Å². The molecule has 3 aromatic carbocycles. The van der Waals surface area contributed by atoms with Crippen LogP contribution in [0.15, 0.2) is 85.1 Å². The monoisotopic (exact) mass is 438 g/mol. The zero-order chi connectivity index (χ0) is 22.8. The van der Waals surface area contributed by atoms with Crippen LogP contribution in [0.1, 0.15) is 21.5 Å². The van der Waals surface area contributed by atoms with Crippen LogP contribution >= 0.6 is 0 Å². The Morgan fingerprint density at radius 2 is 1.64 bits per heavy atom. The van der Waals surface area contributed by atoms with Gasteiger partial charge in [-0.25, -0.2) is 4.79 Å². The van der Waals surface area contributed by atoms with Crippen LogP contribution < -0.4 is 10.6 Å². The Kier molecular flexibility index (Phi) is 5.36. The lowest BCUT2D eigenvalue weighted by Crippen LogP contribution is -2.32. The van der Waals surface area contributed by atoms with Gasteiger partial charge in [-0.2, -0.15) is 0 Å². The molecular formula is C26H22N4O3. The number of anilines is 1. The van der Waals surface area contributed by atoms with Gasteiger partial charge in [-0.3, -0.25) is 14.5 Å². The van der Waals surface area contributed by atoms with Crippen molar-refractivity contribution in [3.8, 4) is 0 Å². The highest BCUT2D eigenvalue weighted by Gasteiger charge is 2.38. The average molecular weight is 438 g/mol. The molecule has 4 amide bonds. The van der Waals surface area contributed by atoms with E-state index in [-0.39, 0.29) is 18.4 Å². The van der Waals surface area contributed by atoms with E-state index in [0.29, 0.717) is 17.7 Å². The zero-order valence-corrected chi connectivity index (χ0v) is 17.7. The smallest absolute Gasteiger partial charge is 0.325 e. The fraction of sp³-hybridized carbons (Fsp3) is 0.115. The molecule has 33 heavy (non-hydrogen) atoms. The van der Waals surface area contributed by atoms with Gasteiger partial charge >= 0.3 is 6.03 Å². The summed E-state index contributed by atoms with van der Waals surface area (Å²) in [5, 5.41) is 6.67. The number of H-pyrrole nitrogens is 1. The van der Waals surface area contributed by atoms with Crippen molar-refractivity contribution in [3.05, 3.63) is 102 Å². The number of nitrogens with one attached hydrogen (secondary N) is 3. The molecule has 1 saturated heterocycles. The Hall–Kier alpha value is -4.39. The molecule has 1 fully saturated rings. The van der Waals surface area contributed by atoms with E-state index in [1.165, 1.54) is 4.90 Å². The van der Waals surface area contributed by atoms with Gasteiger partial charge in [-0.05, 0) is 41.5 Å². The molecule has 0 saturated carbocycles. The van der Waals surface area contributed by atoms with Gasteiger partial charge < -0.3 is 15.6 Å². The molecule has 1 aromatic heterocycles. The number of benzene rings is 3. The van der Waals surface area contributed by atoms with E-state index in [2.05, 4.69) is 15.6 Å². The second-order valence-corrected chi connectivity index (χ2v) is 8.01. The summed E-state index contributed by atoms with van der Waals surface area (Å²) >= 11 is 0. The number of fused-ring (bicyclic) bond motifs is 1. The number of amides is 4. The molecule has 0 bridgehead atoms. The summed E-state index contributed by atoms with van der Waals surface area (Å²) < 4.78 is 0. The van der Waals surface area contributed by atoms with Gasteiger partial charge in [0, 0.05) is 34.8 Å². The van der Waals surface area contributed by atoms with Crippen molar-refractivity contribution in [1.29, 1.82) is 0 Å². The number of carbonyl (C=O) groups is 3. The molecule has 0 aliphatic carbocycles. The van der Waals surface area contributed by atoms with Crippen molar-refractivity contribution in [2.75, 3.05) is 5.32 Å². The first-order valence-electron chi connectivity index (χ1n) is 10.7. The molecule has 1 aliphatic rings. The number of rotatable bonds is 6. The minimum atomic E-state index is -0.604. The molecule has 0 spiro atoms. The Morgan fingerprint density at radius 1 is 0.909 bits per heavy atom. The van der Waals surface area contributed by atoms with Crippen molar-refractivity contribution in [3.63, 3.8) is 0 Å². The standard InChI is InChI=1S/C26H22N4O3/c31-24(28-20-6-2-1-3-7-20)18-12-10-17(11-13-18)16-30-25(32)23(29-26(30)33)14-19-15-27-22-9-5-4-8-21(19)22/h1-13,15,23,27H,14,16H2,(H,28,31)(H,29,33)/t23-/m1/s1. The van der Waals surface area contributed by atoms with Crippen LogP contribution in [-0.4, -0.2) is 33.8 Å². The highest BCUT2D eigenvalue weighted by Crippen LogP contribution is 2.22. The normalized spacial score (nSPS) is 15.6. The maximum Gasteiger partial charge on any atom is 0.325 e. The Bertz CT molecular complexity index is 1330. The first-order valence-corrected chi connectivity index (χ1v) is 10.7. The first-order chi connectivity index (χ1) is 16.1. The third-order valence-corrected chi connectivity index (χ3v) is 5.79. The van der Waals surface area contributed by atoms with Gasteiger partial charge in [0.1, 0.15) is 6.04 Å². The number of para-hydroxylation sites is 2. The molecule has 3 N–H and O–H groups in total. The molecule has 5 rings (SSSR count). The summed E-state index contributed by atoms with van der Waals surface area (Å²) in [6.45, 7) is 0.148. The van der Waals surface area contributed by atoms with Gasteiger partial charge in [-0.1, -0.05) is 48.5 Å². The molecule has 0 radical (unpaired) electrons. The molecule has 1 atom stereocenters. The second kappa shape index (κ2) is 8.63. The number of imide groups is 1. The van der Waals surface area contributed by atoms with E-state index in [1.54, 1.807) is 24.3 Å². The molecule has 4 aromatic rings. The summed E-state index contributed by atoms with van der Waals surface area (Å²) in [7, 11) is 0. The van der Waals surface area contributed by atoms with Crippen LogP contribution in [0.3, 0.4) is 0 Å². The molecule has 1 aliphatic heterocycles. The number of urea groups is 1. The summed E-state index contributed by atoms with van der Waals surface area (Å²) in [5.74, 6) is -0.474. The maximum absolute atomic E-state index is 12.9. The fourth-order valence-electron chi connectivity index (χ4n) is 4.05. The van der Waals surface area contributed by atoms with Crippen LogP contribution in [0.2, 0.25) is 0 Å². The topological polar surface area (TPSA) is 94.3 Å². The van der Waals surface area contributed by atoms with Crippen molar-refractivity contribution >= 4 is 34.4 Å². The van der Waals surface area contributed by atoms with E-state index < -0.39 is 12.1 Å². The van der Waals surface area contributed by atoms with Crippen molar-refractivity contribution in [1.82, 2.24) is 15.2 Å². The number of hydrogen-bond donors (Lipinski definition) is 3. The summed E-state index contributed by atoms with van der Waals surface area (Å²) in [5.41, 5.74) is 3.96. The second-order valence-electron chi connectivity index (χ2n) is 8.01. The highest BCUT2D eigenvalue weighted by molar-refractivity contribution is 6.05. The van der Waals surface area contributed by atoms with Crippen LogP contribution in [0.25, 0.3) is 10.9 Å². The summed E-state index contributed by atoms with van der Waals surface area (Å²) in [6.07, 6.45) is 2.30. The zero-order valence-electron chi connectivity index (χ0n) is 17.7. The number of hydrogen-bond acceptors (Lipinski definition) is 3. The van der Waals surface area contributed by atoms with Gasteiger partial charge in [0.2, 0.25) is 0 Å². The van der Waals surface area contributed by atoms with Crippen molar-refractivity contribution in [2.45, 2.75) is 19.0 Å². The van der Waals surface area contributed by atoms with Crippen LogP contribution in [0.4, 0.5) is 10.5 Å². The third-order valence-electron chi connectivity index (χ3n) is 5.79. The van der Waals surface area contributed by atoms with Gasteiger partial charge in [0.25, 0.3) is 11.8 Å². The number of aromatic nitrogens is 1. The predicted molar refractivity (Wildman–Crippen MR) is 126 cm³/mol. The van der Waals surface area contributed by atoms with E-state index >= 15 is 0 Å². The van der Waals surface area contributed by atoms with E-state index in [1.807, 2.05) is 60.8 Å². The van der Waals surface area contributed by atoms with Gasteiger partial charge in [-0.15, -0.1) is 0 Å². The maximum atomic E-state index is 12.9. The summed E-state index contributed by atoms with van der Waals surface area (Å²) in [6, 6.07) is 23.0. The molecular weight excluding hydrogens is 416 g/mol. The van der Waals surface area contributed by atoms with Crippen LogP contribution in [0.5, 0.6) is 0 Å². The lowest BCUT2D eigenvalue weighted by Gasteiger charge is -2.13. The SMILES string of the molecule is O=C(Nc1ccccc1)c1ccc(CN2C(=O)N[C@H](Cc3c[nH]c4ccccc34)C2=O)cc1. The molecule has 2 heterocycles. The Labute approximate surface area is 190 Å².